The zero-order valence-electron chi connectivity index (χ0n) is 17.5. The van der Waals surface area contributed by atoms with Gasteiger partial charge in [0.05, 0.1) is 5.69 Å². The van der Waals surface area contributed by atoms with Gasteiger partial charge in [-0.05, 0) is 49.7 Å². The normalized spacial score (nSPS) is 19.2. The summed E-state index contributed by atoms with van der Waals surface area (Å²) in [4.78, 5) is 28.1. The van der Waals surface area contributed by atoms with E-state index in [2.05, 4.69) is 17.1 Å². The summed E-state index contributed by atoms with van der Waals surface area (Å²) in [5.74, 6) is -0.0941. The SMILES string of the molecule is C[C@@H]1CN(C(=O)COc2ccc(Cl)cc2NC(N)=O)[C@@H](C)CN1Cc1ccc(F)cc1. The summed E-state index contributed by atoms with van der Waals surface area (Å²) in [6.45, 7) is 5.81. The molecule has 0 aromatic heterocycles. The summed E-state index contributed by atoms with van der Waals surface area (Å²) < 4.78 is 18.8. The lowest BCUT2D eigenvalue weighted by Gasteiger charge is -2.44. The average Bonchev–Trinajstić information content (AvgIpc) is 2.71. The number of primary amides is 1. The van der Waals surface area contributed by atoms with Crippen LogP contribution in [0, 0.1) is 5.82 Å². The number of nitrogens with zero attached hydrogens (tertiary/aromatic N) is 2. The molecule has 3 rings (SSSR count). The number of carbonyl (C=O) groups excluding carboxylic acids is 2. The number of nitrogens with two attached hydrogens (primary N) is 1. The van der Waals surface area contributed by atoms with Crippen LogP contribution in [0.4, 0.5) is 14.9 Å². The molecule has 1 aliphatic rings. The van der Waals surface area contributed by atoms with E-state index in [1.807, 2.05) is 6.92 Å². The third kappa shape index (κ3) is 6.08. The molecule has 31 heavy (non-hydrogen) atoms. The molecule has 166 valence electrons. The van der Waals surface area contributed by atoms with Crippen molar-refractivity contribution in [2.45, 2.75) is 32.5 Å². The van der Waals surface area contributed by atoms with E-state index < -0.39 is 6.03 Å². The Hall–Kier alpha value is -2.84. The molecular formula is C22H26ClFN4O3. The molecule has 2 aromatic rings. The van der Waals surface area contributed by atoms with E-state index in [0.29, 0.717) is 36.1 Å². The van der Waals surface area contributed by atoms with Crippen LogP contribution in [0.25, 0.3) is 0 Å². The smallest absolute Gasteiger partial charge is 0.316 e. The molecule has 1 fully saturated rings. The van der Waals surface area contributed by atoms with E-state index in [1.165, 1.54) is 18.2 Å². The van der Waals surface area contributed by atoms with Crippen molar-refractivity contribution in [1.82, 2.24) is 9.80 Å². The zero-order valence-corrected chi connectivity index (χ0v) is 18.2. The minimum atomic E-state index is -0.752. The first-order valence-corrected chi connectivity index (χ1v) is 10.4. The standard InChI is InChI=1S/C22H26ClFN4O3/c1-14-11-28(15(2)10-27(14)12-16-3-6-18(24)7-4-16)21(29)13-31-20-8-5-17(23)9-19(20)26-22(25)30/h3-9,14-15H,10-13H2,1-2H3,(H3,25,26,30)/t14-,15+/m1/s1. The highest BCUT2D eigenvalue weighted by atomic mass is 35.5. The number of nitrogens with one attached hydrogen (secondary N) is 1. The maximum atomic E-state index is 13.1. The van der Waals surface area contributed by atoms with Gasteiger partial charge in [0.15, 0.2) is 6.61 Å². The Morgan fingerprint density at radius 1 is 1.16 bits per heavy atom. The largest absolute Gasteiger partial charge is 0.482 e. The molecule has 2 atom stereocenters. The Balaban J connectivity index is 1.59. The van der Waals surface area contributed by atoms with Gasteiger partial charge >= 0.3 is 6.03 Å². The van der Waals surface area contributed by atoms with Gasteiger partial charge in [-0.15, -0.1) is 0 Å². The molecule has 0 radical (unpaired) electrons. The number of ether oxygens (including phenoxy) is 1. The van der Waals surface area contributed by atoms with Crippen LogP contribution < -0.4 is 15.8 Å². The average molecular weight is 449 g/mol. The molecule has 0 spiro atoms. The minimum Gasteiger partial charge on any atom is -0.482 e. The second-order valence-corrected chi connectivity index (χ2v) is 8.15. The summed E-state index contributed by atoms with van der Waals surface area (Å²) in [7, 11) is 0. The van der Waals surface area contributed by atoms with Crippen LogP contribution in [0.2, 0.25) is 5.02 Å². The van der Waals surface area contributed by atoms with Gasteiger partial charge in [0.2, 0.25) is 0 Å². The number of anilines is 1. The summed E-state index contributed by atoms with van der Waals surface area (Å²) in [5, 5.41) is 2.84. The van der Waals surface area contributed by atoms with Crippen molar-refractivity contribution >= 4 is 29.2 Å². The molecule has 7 nitrogen and oxygen atoms in total. The number of hydrogen-bond acceptors (Lipinski definition) is 4. The van der Waals surface area contributed by atoms with Crippen LogP contribution in [-0.2, 0) is 11.3 Å². The number of hydrogen-bond donors (Lipinski definition) is 2. The maximum absolute atomic E-state index is 13.1. The van der Waals surface area contributed by atoms with Gasteiger partial charge < -0.3 is 20.7 Å². The second-order valence-electron chi connectivity index (χ2n) is 7.72. The highest BCUT2D eigenvalue weighted by Gasteiger charge is 2.32. The van der Waals surface area contributed by atoms with Gasteiger partial charge in [-0.2, -0.15) is 0 Å². The molecule has 3 amide bonds. The Morgan fingerprint density at radius 3 is 2.55 bits per heavy atom. The Morgan fingerprint density at radius 2 is 1.87 bits per heavy atom. The predicted molar refractivity (Wildman–Crippen MR) is 118 cm³/mol. The predicted octanol–water partition coefficient (Wildman–Crippen LogP) is 3.47. The molecule has 0 saturated carbocycles. The molecule has 1 heterocycles. The van der Waals surface area contributed by atoms with Crippen molar-refractivity contribution < 1.29 is 18.7 Å². The first-order valence-electron chi connectivity index (χ1n) is 9.99. The van der Waals surface area contributed by atoms with Crippen molar-refractivity contribution in [2.24, 2.45) is 5.73 Å². The van der Waals surface area contributed by atoms with Gasteiger partial charge in [0.1, 0.15) is 11.6 Å². The van der Waals surface area contributed by atoms with Crippen LogP contribution in [0.5, 0.6) is 5.75 Å². The molecular weight excluding hydrogens is 423 g/mol. The summed E-state index contributed by atoms with van der Waals surface area (Å²) in [6.07, 6.45) is 0. The number of amides is 3. The summed E-state index contributed by atoms with van der Waals surface area (Å²) in [6, 6.07) is 10.5. The Labute approximate surface area is 185 Å². The first kappa shape index (κ1) is 22.8. The number of rotatable bonds is 6. The maximum Gasteiger partial charge on any atom is 0.316 e. The highest BCUT2D eigenvalue weighted by molar-refractivity contribution is 6.31. The molecule has 1 aliphatic heterocycles. The van der Waals surface area contributed by atoms with Crippen molar-refractivity contribution in [1.29, 1.82) is 0 Å². The molecule has 0 unspecified atom stereocenters. The van der Waals surface area contributed by atoms with E-state index in [9.17, 15) is 14.0 Å². The molecule has 9 heteroatoms. The van der Waals surface area contributed by atoms with E-state index >= 15 is 0 Å². The lowest BCUT2D eigenvalue weighted by molar-refractivity contribution is -0.139. The first-order chi connectivity index (χ1) is 14.7. The number of piperazine rings is 1. The fourth-order valence-electron chi connectivity index (χ4n) is 3.67. The number of halogens is 2. The highest BCUT2D eigenvalue weighted by Crippen LogP contribution is 2.28. The van der Waals surface area contributed by atoms with E-state index in [0.717, 1.165) is 5.56 Å². The monoisotopic (exact) mass is 448 g/mol. The van der Waals surface area contributed by atoms with Crippen molar-refractivity contribution in [3.05, 3.63) is 58.9 Å². The fourth-order valence-corrected chi connectivity index (χ4v) is 3.84. The fraction of sp³-hybridized carbons (Fsp3) is 0.364. The summed E-state index contributed by atoms with van der Waals surface area (Å²) >= 11 is 5.95. The number of benzene rings is 2. The van der Waals surface area contributed by atoms with Gasteiger partial charge in [-0.1, -0.05) is 23.7 Å². The quantitative estimate of drug-likeness (QED) is 0.708. The van der Waals surface area contributed by atoms with E-state index in [-0.39, 0.29) is 30.4 Å². The third-order valence-electron chi connectivity index (χ3n) is 5.28. The Bertz CT molecular complexity index is 941. The molecule has 3 N–H and O–H groups in total. The molecule has 2 aromatic carbocycles. The van der Waals surface area contributed by atoms with Gasteiger partial charge in [-0.3, -0.25) is 9.69 Å². The second kappa shape index (κ2) is 9.98. The Kier molecular flexibility index (Phi) is 7.35. The van der Waals surface area contributed by atoms with Crippen molar-refractivity contribution in [3.63, 3.8) is 0 Å². The lowest BCUT2D eigenvalue weighted by atomic mass is 10.1. The van der Waals surface area contributed by atoms with Crippen molar-refractivity contribution in [2.75, 3.05) is 25.0 Å². The zero-order chi connectivity index (χ0) is 22.5. The number of carbonyl (C=O) groups is 2. The van der Waals surface area contributed by atoms with E-state index in [4.69, 9.17) is 22.1 Å². The van der Waals surface area contributed by atoms with Crippen LogP contribution in [0.3, 0.4) is 0 Å². The van der Waals surface area contributed by atoms with E-state index in [1.54, 1.807) is 29.2 Å². The molecule has 0 aliphatic carbocycles. The third-order valence-corrected chi connectivity index (χ3v) is 5.52. The van der Waals surface area contributed by atoms with Crippen LogP contribution >= 0.6 is 11.6 Å². The van der Waals surface area contributed by atoms with Gasteiger partial charge in [-0.25, -0.2) is 9.18 Å². The van der Waals surface area contributed by atoms with Crippen molar-refractivity contribution in [3.8, 4) is 5.75 Å². The minimum absolute atomic E-state index is 0.0128. The molecule has 1 saturated heterocycles. The molecule has 0 bridgehead atoms. The summed E-state index contributed by atoms with van der Waals surface area (Å²) in [5.41, 5.74) is 6.51. The lowest BCUT2D eigenvalue weighted by Crippen LogP contribution is -2.58. The van der Waals surface area contributed by atoms with Crippen LogP contribution in [0.1, 0.15) is 19.4 Å². The number of urea groups is 1. The van der Waals surface area contributed by atoms with Gasteiger partial charge in [0, 0.05) is 36.7 Å². The topological polar surface area (TPSA) is 87.9 Å². The van der Waals surface area contributed by atoms with Gasteiger partial charge in [0.25, 0.3) is 5.91 Å². The van der Waals surface area contributed by atoms with Crippen LogP contribution in [-0.4, -0.2) is 53.5 Å². The van der Waals surface area contributed by atoms with Crippen LogP contribution in [0.15, 0.2) is 42.5 Å².